The van der Waals surface area contributed by atoms with Gasteiger partial charge in [-0.3, -0.25) is 4.79 Å². The van der Waals surface area contributed by atoms with E-state index in [9.17, 15) is 9.90 Å². The molecule has 1 fully saturated rings. The largest absolute Gasteiger partial charge is 0.383 e. The summed E-state index contributed by atoms with van der Waals surface area (Å²) in [5.74, 6) is 0.0248. The van der Waals surface area contributed by atoms with Gasteiger partial charge >= 0.3 is 0 Å². The Morgan fingerprint density at radius 2 is 2.06 bits per heavy atom. The number of rotatable bonds is 4. The Morgan fingerprint density at radius 3 is 2.88 bits per heavy atom. The Hall–Kier alpha value is -3.04. The van der Waals surface area contributed by atoms with Crippen molar-refractivity contribution in [1.29, 1.82) is 0 Å². The number of carbonyl (C=O) groups excluding carboxylic acids is 1. The minimum atomic E-state index is -1.11. The topological polar surface area (TPSA) is 88.5 Å². The Balaban J connectivity index is 1.28. The molecule has 9 heteroatoms. The fourth-order valence-electron chi connectivity index (χ4n) is 4.43. The average Bonchev–Trinajstić information content (AvgIpc) is 3.38. The summed E-state index contributed by atoms with van der Waals surface area (Å²) in [5, 5.41) is 20.0. The summed E-state index contributed by atoms with van der Waals surface area (Å²) in [7, 11) is 0. The van der Waals surface area contributed by atoms with E-state index < -0.39 is 5.60 Å². The number of halogens is 1. The number of fused-ring (bicyclic) bond motifs is 1. The molecule has 4 heterocycles. The number of benzene rings is 1. The predicted octanol–water partition coefficient (Wildman–Crippen LogP) is 3.43. The van der Waals surface area contributed by atoms with E-state index in [-0.39, 0.29) is 12.3 Å². The van der Waals surface area contributed by atoms with Crippen LogP contribution in [0.15, 0.2) is 59.5 Å². The summed E-state index contributed by atoms with van der Waals surface area (Å²) in [6, 6.07) is 11.7. The number of aryl methyl sites for hydroxylation is 1. The number of amides is 1. The highest BCUT2D eigenvalue weighted by molar-refractivity contribution is 9.10. The lowest BCUT2D eigenvalue weighted by Gasteiger charge is -2.24. The van der Waals surface area contributed by atoms with E-state index in [1.165, 1.54) is 0 Å². The molecule has 1 saturated heterocycles. The van der Waals surface area contributed by atoms with Crippen molar-refractivity contribution in [2.75, 3.05) is 13.1 Å². The molecule has 0 spiro atoms. The van der Waals surface area contributed by atoms with Gasteiger partial charge in [0.05, 0.1) is 24.0 Å². The molecule has 1 amide bonds. The van der Waals surface area contributed by atoms with Crippen LogP contribution in [0.5, 0.6) is 0 Å². The van der Waals surface area contributed by atoms with E-state index in [1.807, 2.05) is 65.0 Å². The van der Waals surface area contributed by atoms with E-state index in [1.54, 1.807) is 10.9 Å². The Morgan fingerprint density at radius 1 is 1.18 bits per heavy atom. The maximum Gasteiger partial charge on any atom is 0.228 e. The number of nitrogens with zero attached hydrogens (tertiary/aromatic N) is 6. The van der Waals surface area contributed by atoms with E-state index in [0.717, 1.165) is 27.1 Å². The molecular weight excluding hydrogens is 484 g/mol. The van der Waals surface area contributed by atoms with Gasteiger partial charge in [-0.1, -0.05) is 27.2 Å². The predicted molar refractivity (Wildman–Crippen MR) is 127 cm³/mol. The molecule has 33 heavy (non-hydrogen) atoms. The Labute approximate surface area is 200 Å². The van der Waals surface area contributed by atoms with Crippen LogP contribution in [0.2, 0.25) is 0 Å². The van der Waals surface area contributed by atoms with Crippen LogP contribution in [0.25, 0.3) is 11.3 Å². The number of likely N-dealkylation sites (tertiary alicyclic amines) is 1. The monoisotopic (exact) mass is 508 g/mol. The maximum atomic E-state index is 13.0. The van der Waals surface area contributed by atoms with Gasteiger partial charge in [-0.2, -0.15) is 0 Å². The quantitative estimate of drug-likeness (QED) is 0.456. The molecule has 1 aliphatic rings. The maximum absolute atomic E-state index is 13.0. The van der Waals surface area contributed by atoms with Crippen molar-refractivity contribution in [1.82, 2.24) is 29.3 Å². The van der Waals surface area contributed by atoms with Gasteiger partial charge in [-0.05, 0) is 62.1 Å². The van der Waals surface area contributed by atoms with Gasteiger partial charge in [0.15, 0.2) is 0 Å². The molecule has 1 aliphatic heterocycles. The third-order valence-corrected chi connectivity index (χ3v) is 6.78. The SMILES string of the molecule is Cc1cc(Br)ccc1-n1cc(C2(O)CCCN(C(=O)Cc3cn4ccccc4n3)CC2)nn1. The molecule has 4 aromatic rings. The summed E-state index contributed by atoms with van der Waals surface area (Å²) in [4.78, 5) is 19.3. The Bertz CT molecular complexity index is 1280. The lowest BCUT2D eigenvalue weighted by Crippen LogP contribution is -2.34. The van der Waals surface area contributed by atoms with Crippen LogP contribution in [0.3, 0.4) is 0 Å². The van der Waals surface area contributed by atoms with Crippen LogP contribution in [-0.4, -0.2) is 53.4 Å². The first-order valence-corrected chi connectivity index (χ1v) is 11.8. The van der Waals surface area contributed by atoms with Crippen molar-refractivity contribution in [3.8, 4) is 5.69 Å². The molecule has 0 bridgehead atoms. The second-order valence-electron chi connectivity index (χ2n) is 8.62. The van der Waals surface area contributed by atoms with E-state index >= 15 is 0 Å². The summed E-state index contributed by atoms with van der Waals surface area (Å²) in [6.45, 7) is 3.08. The number of hydrogen-bond donors (Lipinski definition) is 1. The number of carbonyl (C=O) groups is 1. The van der Waals surface area contributed by atoms with Crippen LogP contribution in [0.4, 0.5) is 0 Å². The molecule has 8 nitrogen and oxygen atoms in total. The van der Waals surface area contributed by atoms with Crippen LogP contribution < -0.4 is 0 Å². The van der Waals surface area contributed by atoms with Gasteiger partial charge < -0.3 is 14.4 Å². The van der Waals surface area contributed by atoms with Crippen LogP contribution in [0, 0.1) is 6.92 Å². The molecule has 1 atom stereocenters. The molecule has 1 N–H and O–H groups in total. The third-order valence-electron chi connectivity index (χ3n) is 6.29. The molecule has 0 aliphatic carbocycles. The first-order valence-electron chi connectivity index (χ1n) is 11.0. The third kappa shape index (κ3) is 4.43. The minimum Gasteiger partial charge on any atom is -0.383 e. The summed E-state index contributed by atoms with van der Waals surface area (Å²) in [5.41, 5.74) is 2.98. The van der Waals surface area contributed by atoms with Gasteiger partial charge in [0, 0.05) is 30.0 Å². The second-order valence-corrected chi connectivity index (χ2v) is 9.54. The van der Waals surface area contributed by atoms with Crippen molar-refractivity contribution in [2.45, 2.75) is 38.2 Å². The minimum absolute atomic E-state index is 0.0248. The molecular formula is C24H25BrN6O2. The average molecular weight is 509 g/mol. The first kappa shape index (κ1) is 21.8. The van der Waals surface area contributed by atoms with Gasteiger partial charge in [0.1, 0.15) is 16.9 Å². The molecule has 0 saturated carbocycles. The number of imidazole rings is 1. The number of hydrogen-bond acceptors (Lipinski definition) is 5. The van der Waals surface area contributed by atoms with Crippen LogP contribution in [0.1, 0.15) is 36.2 Å². The number of aromatic nitrogens is 5. The second kappa shape index (κ2) is 8.72. The first-order chi connectivity index (χ1) is 15.9. The fraction of sp³-hybridized carbons (Fsp3) is 0.333. The normalized spacial score (nSPS) is 19.1. The summed E-state index contributed by atoms with van der Waals surface area (Å²) in [6.07, 6.45) is 7.50. The highest BCUT2D eigenvalue weighted by atomic mass is 79.9. The van der Waals surface area contributed by atoms with E-state index in [0.29, 0.717) is 38.0 Å². The van der Waals surface area contributed by atoms with Gasteiger partial charge in [0.25, 0.3) is 0 Å². The van der Waals surface area contributed by atoms with Gasteiger partial charge in [-0.15, -0.1) is 5.10 Å². The molecule has 5 rings (SSSR count). The van der Waals surface area contributed by atoms with Crippen molar-refractivity contribution < 1.29 is 9.90 Å². The summed E-state index contributed by atoms with van der Waals surface area (Å²) < 4.78 is 4.62. The highest BCUT2D eigenvalue weighted by Crippen LogP contribution is 2.32. The number of aliphatic hydroxyl groups is 1. The molecule has 1 unspecified atom stereocenters. The zero-order valence-corrected chi connectivity index (χ0v) is 19.9. The van der Waals surface area contributed by atoms with Crippen LogP contribution >= 0.6 is 15.9 Å². The van der Waals surface area contributed by atoms with Crippen molar-refractivity contribution in [3.63, 3.8) is 0 Å². The lowest BCUT2D eigenvalue weighted by atomic mass is 9.92. The smallest absolute Gasteiger partial charge is 0.228 e. The molecule has 1 aromatic carbocycles. The van der Waals surface area contributed by atoms with E-state index in [2.05, 4.69) is 31.2 Å². The molecule has 0 radical (unpaired) electrons. The fourth-order valence-corrected chi connectivity index (χ4v) is 4.91. The standard InChI is InChI=1S/C24H25BrN6O2/c1-17-13-18(25)6-7-20(17)31-16-21(27-28-31)24(33)8-4-11-29(12-9-24)23(32)14-19-15-30-10-3-2-5-22(30)26-19/h2-3,5-7,10,13,15-16,33H,4,8-9,11-12,14H2,1H3. The van der Waals surface area contributed by atoms with Crippen molar-refractivity contribution in [2.24, 2.45) is 0 Å². The van der Waals surface area contributed by atoms with E-state index in [4.69, 9.17) is 0 Å². The highest BCUT2D eigenvalue weighted by Gasteiger charge is 2.36. The van der Waals surface area contributed by atoms with Crippen molar-refractivity contribution >= 4 is 27.5 Å². The zero-order chi connectivity index (χ0) is 23.0. The van der Waals surface area contributed by atoms with Crippen LogP contribution in [-0.2, 0) is 16.8 Å². The molecule has 170 valence electrons. The zero-order valence-electron chi connectivity index (χ0n) is 18.4. The Kier molecular flexibility index (Phi) is 5.76. The number of pyridine rings is 1. The summed E-state index contributed by atoms with van der Waals surface area (Å²) >= 11 is 3.48. The molecule has 3 aromatic heterocycles. The lowest BCUT2D eigenvalue weighted by molar-refractivity contribution is -0.130. The van der Waals surface area contributed by atoms with Crippen molar-refractivity contribution in [3.05, 3.63) is 76.4 Å². The van der Waals surface area contributed by atoms with Gasteiger partial charge in [0.2, 0.25) is 5.91 Å². The van der Waals surface area contributed by atoms with Gasteiger partial charge in [-0.25, -0.2) is 9.67 Å².